The summed E-state index contributed by atoms with van der Waals surface area (Å²) < 4.78 is 36.5. The van der Waals surface area contributed by atoms with Crippen LogP contribution in [0.1, 0.15) is 18.1 Å². The van der Waals surface area contributed by atoms with Gasteiger partial charge in [0.05, 0.1) is 0 Å². The third kappa shape index (κ3) is 4.85. The maximum atomic E-state index is 13.0. The van der Waals surface area contributed by atoms with Gasteiger partial charge in [-0.3, -0.25) is 4.79 Å². The standard InChI is InChI=1S/C25H22F2N2O4/c1-14-18(16-7-4-3-5-8-16)9-6-10-19(14)23-29-20-11-17(13-28-15(2)24(30)31)21(33-25(26)27)12-22(20)32-23/h3-12,15,25,28H,13H2,1-2H3,(H,30,31). The number of rotatable bonds is 8. The van der Waals surface area contributed by atoms with E-state index in [0.717, 1.165) is 22.3 Å². The number of benzene rings is 3. The number of fused-ring (bicyclic) bond motifs is 1. The molecule has 0 aliphatic heterocycles. The molecule has 1 unspecified atom stereocenters. The highest BCUT2D eigenvalue weighted by Gasteiger charge is 2.19. The lowest BCUT2D eigenvalue weighted by atomic mass is 9.96. The van der Waals surface area contributed by atoms with Crippen molar-refractivity contribution in [3.8, 4) is 28.3 Å². The molecule has 8 heteroatoms. The summed E-state index contributed by atoms with van der Waals surface area (Å²) in [5, 5.41) is 11.8. The number of halogens is 2. The van der Waals surface area contributed by atoms with Crippen LogP contribution in [-0.2, 0) is 11.3 Å². The Hall–Kier alpha value is -3.78. The molecule has 0 bridgehead atoms. The van der Waals surface area contributed by atoms with Gasteiger partial charge in [-0.05, 0) is 42.7 Å². The first-order valence-electron chi connectivity index (χ1n) is 10.3. The number of aliphatic carboxylic acids is 1. The van der Waals surface area contributed by atoms with Gasteiger partial charge in [-0.25, -0.2) is 4.98 Å². The van der Waals surface area contributed by atoms with Gasteiger partial charge in [0.1, 0.15) is 17.3 Å². The number of carbonyl (C=O) groups is 1. The Morgan fingerprint density at radius 1 is 1.12 bits per heavy atom. The largest absolute Gasteiger partial charge is 0.480 e. The molecule has 0 spiro atoms. The second-order valence-electron chi connectivity index (χ2n) is 7.61. The first kappa shape index (κ1) is 22.4. The summed E-state index contributed by atoms with van der Waals surface area (Å²) >= 11 is 0. The molecular weight excluding hydrogens is 430 g/mol. The second-order valence-corrected chi connectivity index (χ2v) is 7.61. The number of aromatic nitrogens is 1. The van der Waals surface area contributed by atoms with E-state index in [9.17, 15) is 13.6 Å². The number of hydrogen-bond donors (Lipinski definition) is 2. The normalized spacial score (nSPS) is 12.3. The Bertz CT molecular complexity index is 1290. The van der Waals surface area contributed by atoms with Gasteiger partial charge >= 0.3 is 12.6 Å². The third-order valence-corrected chi connectivity index (χ3v) is 5.40. The lowest BCUT2D eigenvalue weighted by molar-refractivity contribution is -0.139. The van der Waals surface area contributed by atoms with Crippen molar-refractivity contribution in [3.05, 3.63) is 71.8 Å². The molecular formula is C25H22F2N2O4. The predicted octanol–water partition coefficient (Wildman–Crippen LogP) is 5.63. The molecule has 0 aliphatic rings. The molecule has 6 nitrogen and oxygen atoms in total. The van der Waals surface area contributed by atoms with Crippen LogP contribution >= 0.6 is 0 Å². The molecule has 0 fully saturated rings. The van der Waals surface area contributed by atoms with E-state index < -0.39 is 18.6 Å². The molecule has 0 amide bonds. The first-order valence-corrected chi connectivity index (χ1v) is 10.3. The minimum absolute atomic E-state index is 0.0101. The van der Waals surface area contributed by atoms with E-state index in [1.165, 1.54) is 13.0 Å². The number of carboxylic acid groups (broad SMARTS) is 1. The van der Waals surface area contributed by atoms with Crippen molar-refractivity contribution in [1.29, 1.82) is 0 Å². The number of carboxylic acids is 1. The number of hydrogen-bond acceptors (Lipinski definition) is 5. The SMILES string of the molecule is Cc1c(-c2ccccc2)cccc1-c1nc2cc(CNC(C)C(=O)O)c(OC(F)F)cc2o1. The van der Waals surface area contributed by atoms with Gasteiger partial charge in [0, 0.05) is 23.7 Å². The van der Waals surface area contributed by atoms with Crippen molar-refractivity contribution in [3.63, 3.8) is 0 Å². The van der Waals surface area contributed by atoms with Gasteiger partial charge in [-0.2, -0.15) is 8.78 Å². The maximum absolute atomic E-state index is 13.0. The molecule has 3 aromatic carbocycles. The number of nitrogens with one attached hydrogen (secondary N) is 1. The summed E-state index contributed by atoms with van der Waals surface area (Å²) in [6.45, 7) is 0.410. The van der Waals surface area contributed by atoms with Gasteiger partial charge in [0.15, 0.2) is 5.58 Å². The predicted molar refractivity (Wildman–Crippen MR) is 120 cm³/mol. The molecule has 0 saturated carbocycles. The van der Waals surface area contributed by atoms with Crippen LogP contribution in [0.25, 0.3) is 33.7 Å². The van der Waals surface area contributed by atoms with E-state index in [-0.39, 0.29) is 12.3 Å². The highest BCUT2D eigenvalue weighted by atomic mass is 19.3. The van der Waals surface area contributed by atoms with E-state index >= 15 is 0 Å². The van der Waals surface area contributed by atoms with Crippen molar-refractivity contribution >= 4 is 17.1 Å². The average Bonchev–Trinajstić information content (AvgIpc) is 3.20. The number of nitrogens with zero attached hydrogens (tertiary/aromatic N) is 1. The second kappa shape index (κ2) is 9.38. The molecule has 4 rings (SSSR count). The Balaban J connectivity index is 1.74. The zero-order chi connectivity index (χ0) is 23.5. The number of oxazole rings is 1. The van der Waals surface area contributed by atoms with Crippen LogP contribution in [0.15, 0.2) is 65.1 Å². The zero-order valence-corrected chi connectivity index (χ0v) is 18.0. The first-order chi connectivity index (χ1) is 15.8. The van der Waals surface area contributed by atoms with Gasteiger partial charge in [0.25, 0.3) is 0 Å². The van der Waals surface area contributed by atoms with E-state index in [0.29, 0.717) is 22.6 Å². The molecule has 2 N–H and O–H groups in total. The Kier molecular flexibility index (Phi) is 6.37. The third-order valence-electron chi connectivity index (χ3n) is 5.40. The van der Waals surface area contributed by atoms with E-state index in [1.807, 2.05) is 55.5 Å². The van der Waals surface area contributed by atoms with Crippen LogP contribution in [0.4, 0.5) is 8.78 Å². The van der Waals surface area contributed by atoms with Crippen molar-refractivity contribution in [2.24, 2.45) is 0 Å². The summed E-state index contributed by atoms with van der Waals surface area (Å²) in [5.41, 5.74) is 4.94. The Morgan fingerprint density at radius 3 is 2.55 bits per heavy atom. The van der Waals surface area contributed by atoms with Crippen LogP contribution in [0.3, 0.4) is 0 Å². The molecule has 0 radical (unpaired) electrons. The Labute approximate surface area is 188 Å². The van der Waals surface area contributed by atoms with Crippen LogP contribution < -0.4 is 10.1 Å². The van der Waals surface area contributed by atoms with Crippen molar-refractivity contribution in [2.45, 2.75) is 33.0 Å². The highest BCUT2D eigenvalue weighted by Crippen LogP contribution is 2.35. The molecule has 0 saturated heterocycles. The molecule has 0 aliphatic carbocycles. The monoisotopic (exact) mass is 452 g/mol. The van der Waals surface area contributed by atoms with Gasteiger partial charge < -0.3 is 19.6 Å². The minimum atomic E-state index is -3.04. The number of ether oxygens (including phenoxy) is 1. The summed E-state index contributed by atoms with van der Waals surface area (Å²) in [4.78, 5) is 15.6. The van der Waals surface area contributed by atoms with E-state index in [2.05, 4.69) is 15.0 Å². The summed E-state index contributed by atoms with van der Waals surface area (Å²) in [7, 11) is 0. The number of alkyl halides is 2. The topological polar surface area (TPSA) is 84.6 Å². The fraction of sp³-hybridized carbons (Fsp3) is 0.200. The molecule has 1 heterocycles. The maximum Gasteiger partial charge on any atom is 0.387 e. The fourth-order valence-corrected chi connectivity index (χ4v) is 3.61. The molecule has 1 aromatic heterocycles. The quantitative estimate of drug-likeness (QED) is 0.360. The van der Waals surface area contributed by atoms with Gasteiger partial charge in [-0.15, -0.1) is 0 Å². The Morgan fingerprint density at radius 2 is 1.85 bits per heavy atom. The van der Waals surface area contributed by atoms with E-state index in [4.69, 9.17) is 9.52 Å². The summed E-state index contributed by atoms with van der Waals surface area (Å²) in [6, 6.07) is 17.8. The summed E-state index contributed by atoms with van der Waals surface area (Å²) in [6.07, 6.45) is 0. The van der Waals surface area contributed by atoms with Gasteiger partial charge in [-0.1, -0.05) is 42.5 Å². The highest BCUT2D eigenvalue weighted by molar-refractivity contribution is 5.82. The minimum Gasteiger partial charge on any atom is -0.480 e. The van der Waals surface area contributed by atoms with Crippen molar-refractivity contribution < 1.29 is 27.8 Å². The van der Waals surface area contributed by atoms with Crippen LogP contribution in [0.2, 0.25) is 0 Å². The molecule has 1 atom stereocenters. The molecule has 4 aromatic rings. The average molecular weight is 452 g/mol. The lowest BCUT2D eigenvalue weighted by Crippen LogP contribution is -2.33. The lowest BCUT2D eigenvalue weighted by Gasteiger charge is -2.13. The fourth-order valence-electron chi connectivity index (χ4n) is 3.61. The van der Waals surface area contributed by atoms with Crippen molar-refractivity contribution in [2.75, 3.05) is 0 Å². The van der Waals surface area contributed by atoms with Crippen LogP contribution in [-0.4, -0.2) is 28.7 Å². The molecule has 33 heavy (non-hydrogen) atoms. The van der Waals surface area contributed by atoms with E-state index in [1.54, 1.807) is 6.07 Å². The summed E-state index contributed by atoms with van der Waals surface area (Å²) in [5.74, 6) is -0.794. The smallest absolute Gasteiger partial charge is 0.387 e. The van der Waals surface area contributed by atoms with Crippen molar-refractivity contribution in [1.82, 2.24) is 10.3 Å². The van der Waals surface area contributed by atoms with Gasteiger partial charge in [0.2, 0.25) is 5.89 Å². The molecule has 170 valence electrons. The van der Waals surface area contributed by atoms with Crippen LogP contribution in [0.5, 0.6) is 5.75 Å². The van der Waals surface area contributed by atoms with Crippen LogP contribution in [0, 0.1) is 6.92 Å². The zero-order valence-electron chi connectivity index (χ0n) is 18.0.